The highest BCUT2D eigenvalue weighted by molar-refractivity contribution is 6.07. The lowest BCUT2D eigenvalue weighted by atomic mass is 9.82. The highest BCUT2D eigenvalue weighted by Gasteiger charge is 2.33. The average Bonchev–Trinajstić information content (AvgIpc) is 2.46. The normalized spacial score (nSPS) is 23.2. The Morgan fingerprint density at radius 3 is 2.57 bits per heavy atom. The Morgan fingerprint density at radius 1 is 1.43 bits per heavy atom. The van der Waals surface area contributed by atoms with E-state index in [1.54, 1.807) is 24.1 Å². The van der Waals surface area contributed by atoms with E-state index in [0.717, 1.165) is 12.8 Å². The van der Waals surface area contributed by atoms with E-state index in [0.29, 0.717) is 18.0 Å². The maximum Gasteiger partial charge on any atom is 0.237 e. The number of hydrogen-bond donors (Lipinski definition) is 3. The van der Waals surface area contributed by atoms with Gasteiger partial charge in [-0.2, -0.15) is 0 Å². The quantitative estimate of drug-likeness (QED) is 0.322. The van der Waals surface area contributed by atoms with Gasteiger partial charge >= 0.3 is 0 Å². The second-order valence-corrected chi connectivity index (χ2v) is 5.58. The molecule has 0 aromatic heterocycles. The van der Waals surface area contributed by atoms with Crippen molar-refractivity contribution in [2.24, 2.45) is 16.8 Å². The number of oxime groups is 1. The molecule has 0 heterocycles. The molecule has 1 atom stereocenters. The highest BCUT2D eigenvalue weighted by atomic mass is 16.4. The second-order valence-electron chi connectivity index (χ2n) is 5.58. The van der Waals surface area contributed by atoms with Crippen molar-refractivity contribution in [2.75, 3.05) is 13.6 Å². The van der Waals surface area contributed by atoms with Crippen LogP contribution in [0.15, 0.2) is 35.5 Å². The molecule has 0 spiro atoms. The minimum absolute atomic E-state index is 0.119. The zero-order valence-electron chi connectivity index (χ0n) is 12.0. The van der Waals surface area contributed by atoms with Crippen LogP contribution in [0.4, 0.5) is 0 Å². The molecule has 1 aliphatic carbocycles. The van der Waals surface area contributed by atoms with Crippen LogP contribution in [-0.4, -0.2) is 46.7 Å². The fourth-order valence-electron chi connectivity index (χ4n) is 2.69. The molecule has 6 nitrogen and oxygen atoms in total. The van der Waals surface area contributed by atoms with Crippen molar-refractivity contribution in [1.82, 2.24) is 4.90 Å². The molecular formula is C15H21N3O3. The van der Waals surface area contributed by atoms with Gasteiger partial charge in [-0.05, 0) is 24.3 Å². The fourth-order valence-corrected chi connectivity index (χ4v) is 2.69. The Bertz CT molecular complexity index is 512. The first-order chi connectivity index (χ1) is 10.0. The van der Waals surface area contributed by atoms with Gasteiger partial charge in [0.1, 0.15) is 5.92 Å². The van der Waals surface area contributed by atoms with Crippen molar-refractivity contribution < 1.29 is 15.1 Å². The van der Waals surface area contributed by atoms with E-state index in [1.165, 1.54) is 0 Å². The van der Waals surface area contributed by atoms with Gasteiger partial charge in [0.25, 0.3) is 0 Å². The molecule has 1 amide bonds. The number of carbonyl (C=O) groups excluding carboxylic acids is 1. The number of benzene rings is 1. The zero-order chi connectivity index (χ0) is 15.4. The van der Waals surface area contributed by atoms with Crippen molar-refractivity contribution in [3.63, 3.8) is 0 Å². The second kappa shape index (κ2) is 6.58. The van der Waals surface area contributed by atoms with Gasteiger partial charge in [-0.25, -0.2) is 0 Å². The molecule has 0 radical (unpaired) electrons. The number of aliphatic hydroxyl groups excluding tert-OH is 1. The molecule has 1 aliphatic rings. The van der Waals surface area contributed by atoms with Crippen molar-refractivity contribution >= 4 is 11.7 Å². The number of carbonyl (C=O) groups is 1. The lowest BCUT2D eigenvalue weighted by Crippen LogP contribution is -2.43. The van der Waals surface area contributed by atoms with Crippen molar-refractivity contribution in [2.45, 2.75) is 24.9 Å². The zero-order valence-corrected chi connectivity index (χ0v) is 12.0. The Hall–Kier alpha value is -2.08. The molecule has 114 valence electrons. The third-order valence-corrected chi connectivity index (χ3v) is 3.91. The Balaban J connectivity index is 2.11. The highest BCUT2D eigenvalue weighted by Crippen LogP contribution is 2.28. The maximum absolute atomic E-state index is 12.6. The first-order valence-electron chi connectivity index (χ1n) is 6.98. The molecule has 0 saturated heterocycles. The van der Waals surface area contributed by atoms with E-state index in [9.17, 15) is 9.90 Å². The lowest BCUT2D eigenvalue weighted by molar-refractivity contribution is -0.131. The van der Waals surface area contributed by atoms with Gasteiger partial charge in [0, 0.05) is 13.6 Å². The van der Waals surface area contributed by atoms with Crippen LogP contribution in [0.5, 0.6) is 0 Å². The van der Waals surface area contributed by atoms with Gasteiger partial charge in [-0.1, -0.05) is 35.5 Å². The molecule has 1 aromatic carbocycles. The summed E-state index contributed by atoms with van der Waals surface area (Å²) in [7, 11) is 1.70. The SMILES string of the molecule is CN(CC1CC(O)C1)C(=O)C(C(N)=NO)c1ccccc1. The van der Waals surface area contributed by atoms with Crippen LogP contribution in [0.3, 0.4) is 0 Å². The largest absolute Gasteiger partial charge is 0.409 e. The van der Waals surface area contributed by atoms with Crippen LogP contribution >= 0.6 is 0 Å². The van der Waals surface area contributed by atoms with Crippen molar-refractivity contribution in [1.29, 1.82) is 0 Å². The number of amides is 1. The van der Waals surface area contributed by atoms with Gasteiger partial charge < -0.3 is 20.9 Å². The molecule has 1 unspecified atom stereocenters. The van der Waals surface area contributed by atoms with E-state index in [4.69, 9.17) is 10.9 Å². The Kier molecular flexibility index (Phi) is 4.80. The topological polar surface area (TPSA) is 99.2 Å². The summed E-state index contributed by atoms with van der Waals surface area (Å²) in [6.45, 7) is 0.567. The van der Waals surface area contributed by atoms with Crippen LogP contribution in [0.2, 0.25) is 0 Å². The van der Waals surface area contributed by atoms with Crippen LogP contribution in [0, 0.1) is 5.92 Å². The first kappa shape index (κ1) is 15.3. The molecule has 4 N–H and O–H groups in total. The van der Waals surface area contributed by atoms with Gasteiger partial charge in [0.2, 0.25) is 5.91 Å². The van der Waals surface area contributed by atoms with E-state index < -0.39 is 5.92 Å². The van der Waals surface area contributed by atoms with Crippen LogP contribution in [-0.2, 0) is 4.79 Å². The number of likely N-dealkylation sites (N-methyl/N-ethyl adjacent to an activating group) is 1. The van der Waals surface area contributed by atoms with Crippen molar-refractivity contribution in [3.05, 3.63) is 35.9 Å². The summed E-state index contributed by atoms with van der Waals surface area (Å²) in [5, 5.41) is 21.2. The Morgan fingerprint density at radius 2 is 2.05 bits per heavy atom. The summed E-state index contributed by atoms with van der Waals surface area (Å²) in [6, 6.07) is 9.02. The molecule has 0 aliphatic heterocycles. The summed E-state index contributed by atoms with van der Waals surface area (Å²) in [5.74, 6) is -0.798. The van der Waals surface area contributed by atoms with Crippen molar-refractivity contribution in [3.8, 4) is 0 Å². The summed E-state index contributed by atoms with van der Waals surface area (Å²) in [6.07, 6.45) is 1.20. The van der Waals surface area contributed by atoms with Crippen LogP contribution in [0.25, 0.3) is 0 Å². The van der Waals surface area contributed by atoms with Gasteiger partial charge in [-0.3, -0.25) is 4.79 Å². The monoisotopic (exact) mass is 291 g/mol. The summed E-state index contributed by atoms with van der Waals surface area (Å²) in [4.78, 5) is 14.2. The molecule has 2 rings (SSSR count). The molecule has 1 aromatic rings. The number of aliphatic hydroxyl groups is 1. The first-order valence-corrected chi connectivity index (χ1v) is 6.98. The number of amidine groups is 1. The van der Waals surface area contributed by atoms with E-state index >= 15 is 0 Å². The number of nitrogens with two attached hydrogens (primary N) is 1. The number of rotatable bonds is 5. The van der Waals surface area contributed by atoms with E-state index in [2.05, 4.69) is 5.16 Å². The predicted molar refractivity (Wildman–Crippen MR) is 79.0 cm³/mol. The predicted octanol–water partition coefficient (Wildman–Crippen LogP) is 0.746. The number of nitrogens with zero attached hydrogens (tertiary/aromatic N) is 2. The average molecular weight is 291 g/mol. The summed E-state index contributed by atoms with van der Waals surface area (Å²) >= 11 is 0. The minimum Gasteiger partial charge on any atom is -0.409 e. The minimum atomic E-state index is -0.786. The third kappa shape index (κ3) is 3.52. The maximum atomic E-state index is 12.6. The summed E-state index contributed by atoms with van der Waals surface area (Å²) in [5.41, 5.74) is 6.39. The van der Waals surface area contributed by atoms with E-state index in [-0.39, 0.29) is 17.8 Å². The molecule has 21 heavy (non-hydrogen) atoms. The third-order valence-electron chi connectivity index (χ3n) is 3.91. The van der Waals surface area contributed by atoms with Gasteiger partial charge in [-0.15, -0.1) is 0 Å². The van der Waals surface area contributed by atoms with Gasteiger partial charge in [0.05, 0.1) is 6.10 Å². The molecule has 1 fully saturated rings. The standard InChI is InChI=1S/C15H21N3O3/c1-18(9-10-7-12(19)8-10)15(20)13(14(16)17-21)11-5-3-2-4-6-11/h2-6,10,12-13,19,21H,7-9H2,1H3,(H2,16,17). The van der Waals surface area contributed by atoms with Crippen LogP contribution in [0.1, 0.15) is 24.3 Å². The summed E-state index contributed by atoms with van der Waals surface area (Å²) < 4.78 is 0. The fraction of sp³-hybridized carbons (Fsp3) is 0.467. The number of hydrogen-bond acceptors (Lipinski definition) is 4. The van der Waals surface area contributed by atoms with Crippen LogP contribution < -0.4 is 5.73 Å². The van der Waals surface area contributed by atoms with E-state index in [1.807, 2.05) is 18.2 Å². The molecule has 0 bridgehead atoms. The smallest absolute Gasteiger partial charge is 0.237 e. The molecular weight excluding hydrogens is 270 g/mol. The molecule has 1 saturated carbocycles. The lowest BCUT2D eigenvalue weighted by Gasteiger charge is -2.35. The van der Waals surface area contributed by atoms with Gasteiger partial charge in [0.15, 0.2) is 5.84 Å². The molecule has 6 heteroatoms. The Labute approximate surface area is 123 Å².